The van der Waals surface area contributed by atoms with Gasteiger partial charge in [0.1, 0.15) is 6.07 Å². The Kier molecular flexibility index (Phi) is 4.04. The largest absolute Gasteiger partial charge is 0.398 e. The van der Waals surface area contributed by atoms with E-state index < -0.39 is 0 Å². The standard InChI is InChI=1S/C16H17N3/c1-12(9-13-5-3-2-4-6-13)19-15-8-7-14(11-17)16(18)10-15/h2-8,10,12,19H,9,18H2,1H3. The molecule has 3 heteroatoms. The van der Waals surface area contributed by atoms with E-state index in [0.717, 1.165) is 12.1 Å². The van der Waals surface area contributed by atoms with Gasteiger partial charge < -0.3 is 11.1 Å². The number of benzene rings is 2. The fourth-order valence-corrected chi connectivity index (χ4v) is 2.06. The topological polar surface area (TPSA) is 61.8 Å². The van der Waals surface area contributed by atoms with Gasteiger partial charge in [0.05, 0.1) is 11.3 Å². The fourth-order valence-electron chi connectivity index (χ4n) is 2.06. The molecule has 0 aliphatic heterocycles. The van der Waals surface area contributed by atoms with E-state index in [1.807, 2.05) is 24.3 Å². The molecule has 19 heavy (non-hydrogen) atoms. The van der Waals surface area contributed by atoms with Gasteiger partial charge in [-0.2, -0.15) is 5.26 Å². The molecule has 3 nitrogen and oxygen atoms in total. The van der Waals surface area contributed by atoms with Crippen LogP contribution in [0.3, 0.4) is 0 Å². The first kappa shape index (κ1) is 13.0. The summed E-state index contributed by atoms with van der Waals surface area (Å²) in [6.45, 7) is 2.13. The summed E-state index contributed by atoms with van der Waals surface area (Å²) >= 11 is 0. The van der Waals surface area contributed by atoms with Crippen LogP contribution in [0.15, 0.2) is 48.5 Å². The number of nitrogens with one attached hydrogen (secondary N) is 1. The minimum atomic E-state index is 0.301. The van der Waals surface area contributed by atoms with Crippen LogP contribution >= 0.6 is 0 Å². The van der Waals surface area contributed by atoms with Crippen molar-refractivity contribution < 1.29 is 0 Å². The maximum atomic E-state index is 8.84. The third-order valence-electron chi connectivity index (χ3n) is 2.97. The highest BCUT2D eigenvalue weighted by molar-refractivity contribution is 5.62. The van der Waals surface area contributed by atoms with Gasteiger partial charge in [-0.3, -0.25) is 0 Å². The third-order valence-corrected chi connectivity index (χ3v) is 2.97. The number of rotatable bonds is 4. The van der Waals surface area contributed by atoms with Crippen molar-refractivity contribution in [1.29, 1.82) is 5.26 Å². The first-order chi connectivity index (χ1) is 9.19. The van der Waals surface area contributed by atoms with E-state index >= 15 is 0 Å². The van der Waals surface area contributed by atoms with E-state index in [1.54, 1.807) is 12.1 Å². The second kappa shape index (κ2) is 5.92. The van der Waals surface area contributed by atoms with E-state index in [1.165, 1.54) is 5.56 Å². The van der Waals surface area contributed by atoms with Gasteiger partial charge >= 0.3 is 0 Å². The van der Waals surface area contributed by atoms with E-state index in [0.29, 0.717) is 17.3 Å². The maximum Gasteiger partial charge on any atom is 0.101 e. The lowest BCUT2D eigenvalue weighted by Crippen LogP contribution is -2.18. The molecule has 0 spiro atoms. The van der Waals surface area contributed by atoms with Crippen LogP contribution in [0.4, 0.5) is 11.4 Å². The summed E-state index contributed by atoms with van der Waals surface area (Å²) in [4.78, 5) is 0. The second-order valence-electron chi connectivity index (χ2n) is 4.65. The average molecular weight is 251 g/mol. The first-order valence-corrected chi connectivity index (χ1v) is 6.29. The number of hydrogen-bond acceptors (Lipinski definition) is 3. The number of nitrogens with zero attached hydrogens (tertiary/aromatic N) is 1. The van der Waals surface area contributed by atoms with Gasteiger partial charge in [0, 0.05) is 11.7 Å². The molecular formula is C16H17N3. The highest BCUT2D eigenvalue weighted by Crippen LogP contribution is 2.18. The van der Waals surface area contributed by atoms with E-state index in [4.69, 9.17) is 11.0 Å². The second-order valence-corrected chi connectivity index (χ2v) is 4.65. The molecule has 3 N–H and O–H groups in total. The van der Waals surface area contributed by atoms with Crippen molar-refractivity contribution in [3.05, 3.63) is 59.7 Å². The molecule has 96 valence electrons. The molecule has 0 bridgehead atoms. The Morgan fingerprint density at radius 2 is 1.95 bits per heavy atom. The molecule has 0 aliphatic rings. The Bertz CT molecular complexity index is 585. The molecule has 0 saturated carbocycles. The molecule has 2 aromatic carbocycles. The number of hydrogen-bond donors (Lipinski definition) is 2. The quantitative estimate of drug-likeness (QED) is 0.820. The normalized spacial score (nSPS) is 11.6. The van der Waals surface area contributed by atoms with Crippen molar-refractivity contribution in [2.45, 2.75) is 19.4 Å². The van der Waals surface area contributed by atoms with Crippen molar-refractivity contribution in [2.75, 3.05) is 11.1 Å². The van der Waals surface area contributed by atoms with Crippen LogP contribution in [0, 0.1) is 11.3 Å². The Balaban J connectivity index is 2.01. The molecular weight excluding hydrogens is 234 g/mol. The minimum Gasteiger partial charge on any atom is -0.398 e. The lowest BCUT2D eigenvalue weighted by atomic mass is 10.1. The van der Waals surface area contributed by atoms with E-state index in [9.17, 15) is 0 Å². The summed E-state index contributed by atoms with van der Waals surface area (Å²) in [5, 5.41) is 12.2. The van der Waals surface area contributed by atoms with Crippen molar-refractivity contribution in [3.63, 3.8) is 0 Å². The Hall–Kier alpha value is -2.47. The smallest absolute Gasteiger partial charge is 0.101 e. The molecule has 0 amide bonds. The van der Waals surface area contributed by atoms with E-state index in [-0.39, 0.29) is 0 Å². The lowest BCUT2D eigenvalue weighted by molar-refractivity contribution is 0.790. The number of nitrogen functional groups attached to an aromatic ring is 1. The van der Waals surface area contributed by atoms with Crippen LogP contribution in [0.5, 0.6) is 0 Å². The molecule has 0 saturated heterocycles. The Labute approximate surface area is 113 Å². The van der Waals surface area contributed by atoms with Crippen LogP contribution in [0.2, 0.25) is 0 Å². The van der Waals surface area contributed by atoms with Gasteiger partial charge in [-0.1, -0.05) is 30.3 Å². The number of anilines is 2. The summed E-state index contributed by atoms with van der Waals surface area (Å²) in [5.41, 5.74) is 9.07. The minimum absolute atomic E-state index is 0.301. The van der Waals surface area contributed by atoms with Crippen molar-refractivity contribution in [3.8, 4) is 6.07 Å². The zero-order valence-electron chi connectivity index (χ0n) is 10.9. The van der Waals surface area contributed by atoms with Crippen molar-refractivity contribution >= 4 is 11.4 Å². The highest BCUT2D eigenvalue weighted by Gasteiger charge is 2.05. The first-order valence-electron chi connectivity index (χ1n) is 6.29. The maximum absolute atomic E-state index is 8.84. The van der Waals surface area contributed by atoms with Gasteiger partial charge in [-0.15, -0.1) is 0 Å². The van der Waals surface area contributed by atoms with Crippen molar-refractivity contribution in [2.24, 2.45) is 0 Å². The third kappa shape index (κ3) is 3.49. The molecule has 0 heterocycles. The zero-order valence-corrected chi connectivity index (χ0v) is 10.9. The van der Waals surface area contributed by atoms with Gasteiger partial charge in [0.15, 0.2) is 0 Å². The summed E-state index contributed by atoms with van der Waals surface area (Å²) in [6.07, 6.45) is 0.945. The summed E-state index contributed by atoms with van der Waals surface area (Å²) in [7, 11) is 0. The van der Waals surface area contributed by atoms with Crippen molar-refractivity contribution in [1.82, 2.24) is 0 Å². The summed E-state index contributed by atoms with van der Waals surface area (Å²) in [6, 6.07) is 18.1. The zero-order chi connectivity index (χ0) is 13.7. The molecule has 2 aromatic rings. The fraction of sp³-hybridized carbons (Fsp3) is 0.188. The molecule has 1 atom stereocenters. The molecule has 0 fully saturated rings. The van der Waals surface area contributed by atoms with Crippen LogP contribution < -0.4 is 11.1 Å². The molecule has 0 aromatic heterocycles. The SMILES string of the molecule is CC(Cc1ccccc1)Nc1ccc(C#N)c(N)c1. The van der Waals surface area contributed by atoms with Crippen LogP contribution in [0.25, 0.3) is 0 Å². The van der Waals surface area contributed by atoms with Gasteiger partial charge in [0.25, 0.3) is 0 Å². The monoisotopic (exact) mass is 251 g/mol. The Morgan fingerprint density at radius 3 is 2.58 bits per heavy atom. The molecule has 0 radical (unpaired) electrons. The predicted molar refractivity (Wildman–Crippen MR) is 78.8 cm³/mol. The summed E-state index contributed by atoms with van der Waals surface area (Å²) in [5.74, 6) is 0. The van der Waals surface area contributed by atoms with Crippen LogP contribution in [0.1, 0.15) is 18.1 Å². The molecule has 2 rings (SSSR count). The lowest BCUT2D eigenvalue weighted by Gasteiger charge is -2.16. The van der Waals surface area contributed by atoms with Gasteiger partial charge in [-0.05, 0) is 37.1 Å². The van der Waals surface area contributed by atoms with E-state index in [2.05, 4.69) is 30.4 Å². The molecule has 0 aliphatic carbocycles. The predicted octanol–water partition coefficient (Wildman–Crippen LogP) is 3.18. The van der Waals surface area contributed by atoms with Gasteiger partial charge in [0.2, 0.25) is 0 Å². The van der Waals surface area contributed by atoms with Gasteiger partial charge in [-0.25, -0.2) is 0 Å². The number of nitrogens with two attached hydrogens (primary N) is 1. The Morgan fingerprint density at radius 1 is 1.21 bits per heavy atom. The molecule has 1 unspecified atom stereocenters. The number of nitriles is 1. The summed E-state index contributed by atoms with van der Waals surface area (Å²) < 4.78 is 0. The average Bonchev–Trinajstić information content (AvgIpc) is 2.40. The van der Waals surface area contributed by atoms with Crippen LogP contribution in [-0.2, 0) is 6.42 Å². The highest BCUT2D eigenvalue weighted by atomic mass is 14.9. The van der Waals surface area contributed by atoms with Crippen LogP contribution in [-0.4, -0.2) is 6.04 Å².